The Kier molecular flexibility index (Phi) is 5.27. The molecule has 0 saturated heterocycles. The van der Waals surface area contributed by atoms with E-state index in [0.29, 0.717) is 5.75 Å². The Morgan fingerprint density at radius 3 is 2.33 bits per heavy atom. The van der Waals surface area contributed by atoms with Gasteiger partial charge in [0.15, 0.2) is 6.61 Å². The first-order valence-corrected chi connectivity index (χ1v) is 8.07. The van der Waals surface area contributed by atoms with Crippen LogP contribution >= 0.6 is 0 Å². The predicted octanol–water partition coefficient (Wildman–Crippen LogP) is 4.05. The van der Waals surface area contributed by atoms with Gasteiger partial charge in [-0.25, -0.2) is 4.79 Å². The van der Waals surface area contributed by atoms with Crippen molar-refractivity contribution in [3.05, 3.63) is 58.4 Å². The quantitative estimate of drug-likeness (QED) is 0.900. The molecule has 0 aliphatic heterocycles. The van der Waals surface area contributed by atoms with Crippen molar-refractivity contribution in [1.82, 2.24) is 4.98 Å². The summed E-state index contributed by atoms with van der Waals surface area (Å²) in [6.45, 7) is 10.2. The van der Waals surface area contributed by atoms with Crippen molar-refractivity contribution in [2.45, 2.75) is 46.5 Å². The van der Waals surface area contributed by atoms with Gasteiger partial charge in [-0.05, 0) is 66.8 Å². The lowest BCUT2D eigenvalue weighted by Gasteiger charge is -2.19. The zero-order valence-corrected chi connectivity index (χ0v) is 15.0. The minimum absolute atomic E-state index is 0.0224. The van der Waals surface area contributed by atoms with Gasteiger partial charge in [0.1, 0.15) is 5.75 Å². The average molecular weight is 327 g/mol. The third-order valence-electron chi connectivity index (χ3n) is 4.01. The second-order valence-electron chi connectivity index (χ2n) is 7.19. The molecule has 0 radical (unpaired) electrons. The molecule has 4 nitrogen and oxygen atoms in total. The zero-order chi connectivity index (χ0) is 17.9. The first kappa shape index (κ1) is 18.0. The first-order chi connectivity index (χ1) is 11.2. The summed E-state index contributed by atoms with van der Waals surface area (Å²) in [7, 11) is 0. The van der Waals surface area contributed by atoms with Crippen LogP contribution in [0.1, 0.15) is 48.7 Å². The van der Waals surface area contributed by atoms with Crippen molar-refractivity contribution in [2.75, 3.05) is 6.61 Å². The number of hydrogen-bond acceptors (Lipinski definition) is 3. The lowest BCUT2D eigenvalue weighted by molar-refractivity contribution is -0.139. The number of nitrogens with zero attached hydrogens (tertiary/aromatic N) is 1. The molecule has 0 unspecified atom stereocenters. The van der Waals surface area contributed by atoms with Gasteiger partial charge in [0, 0.05) is 17.3 Å². The van der Waals surface area contributed by atoms with E-state index in [0.717, 1.165) is 23.2 Å². The zero-order valence-electron chi connectivity index (χ0n) is 15.0. The van der Waals surface area contributed by atoms with E-state index in [9.17, 15) is 4.79 Å². The molecule has 0 aliphatic carbocycles. The number of hydrogen-bond donors (Lipinski definition) is 1. The van der Waals surface area contributed by atoms with E-state index in [1.54, 1.807) is 0 Å². The van der Waals surface area contributed by atoms with Crippen LogP contribution in [0.5, 0.6) is 5.75 Å². The van der Waals surface area contributed by atoms with Crippen molar-refractivity contribution in [2.24, 2.45) is 0 Å². The van der Waals surface area contributed by atoms with Gasteiger partial charge < -0.3 is 9.84 Å². The van der Waals surface area contributed by atoms with Gasteiger partial charge in [0.05, 0.1) is 0 Å². The molecule has 24 heavy (non-hydrogen) atoms. The Balaban J connectivity index is 2.26. The number of aliphatic carboxylic acids is 1. The summed E-state index contributed by atoms with van der Waals surface area (Å²) >= 11 is 0. The molecule has 2 rings (SSSR count). The highest BCUT2D eigenvalue weighted by atomic mass is 16.5. The number of aryl methyl sites for hydroxylation is 2. The van der Waals surface area contributed by atoms with E-state index in [2.05, 4.69) is 31.8 Å². The van der Waals surface area contributed by atoms with Crippen LogP contribution in [-0.4, -0.2) is 22.7 Å². The maximum atomic E-state index is 10.6. The van der Waals surface area contributed by atoms with E-state index in [1.807, 2.05) is 38.2 Å². The molecule has 2 aromatic rings. The minimum atomic E-state index is -0.971. The van der Waals surface area contributed by atoms with Crippen molar-refractivity contribution in [3.63, 3.8) is 0 Å². The summed E-state index contributed by atoms with van der Waals surface area (Å²) in [5, 5.41) is 8.72. The maximum Gasteiger partial charge on any atom is 0.341 e. The highest BCUT2D eigenvalue weighted by molar-refractivity contribution is 5.68. The normalized spacial score (nSPS) is 11.4. The largest absolute Gasteiger partial charge is 0.482 e. The summed E-state index contributed by atoms with van der Waals surface area (Å²) in [4.78, 5) is 15.1. The fourth-order valence-electron chi connectivity index (χ4n) is 2.66. The highest BCUT2D eigenvalue weighted by Gasteiger charge is 2.16. The van der Waals surface area contributed by atoms with Crippen LogP contribution in [0.4, 0.5) is 0 Å². The van der Waals surface area contributed by atoms with E-state index in [-0.39, 0.29) is 12.0 Å². The number of carboxylic acids is 1. The molecule has 0 amide bonds. The standard InChI is InChI=1S/C20H25NO3/c1-13-8-16(24-12-19(22)23)9-14(2)17(13)10-15-6-7-21-18(11-15)20(3,4)5/h6-9,11H,10,12H2,1-5H3,(H,22,23). The van der Waals surface area contributed by atoms with Gasteiger partial charge >= 0.3 is 5.97 Å². The molecule has 0 fully saturated rings. The van der Waals surface area contributed by atoms with Crippen molar-refractivity contribution >= 4 is 5.97 Å². The molecule has 128 valence electrons. The molecule has 0 aliphatic rings. The summed E-state index contributed by atoms with van der Waals surface area (Å²) in [5.41, 5.74) is 5.77. The van der Waals surface area contributed by atoms with Gasteiger partial charge in [-0.15, -0.1) is 0 Å². The molecular weight excluding hydrogens is 302 g/mol. The van der Waals surface area contributed by atoms with Crippen molar-refractivity contribution < 1.29 is 14.6 Å². The molecule has 0 bridgehead atoms. The molecule has 1 heterocycles. The molecule has 0 spiro atoms. The SMILES string of the molecule is Cc1cc(OCC(=O)O)cc(C)c1Cc1ccnc(C(C)(C)C)c1. The topological polar surface area (TPSA) is 59.4 Å². The monoisotopic (exact) mass is 327 g/mol. The van der Waals surface area contributed by atoms with Crippen LogP contribution in [-0.2, 0) is 16.6 Å². The van der Waals surface area contributed by atoms with Crippen LogP contribution in [0.25, 0.3) is 0 Å². The van der Waals surface area contributed by atoms with Gasteiger partial charge in [-0.3, -0.25) is 4.98 Å². The van der Waals surface area contributed by atoms with Crippen LogP contribution < -0.4 is 4.74 Å². The van der Waals surface area contributed by atoms with Crippen molar-refractivity contribution in [3.8, 4) is 5.75 Å². The molecule has 4 heteroatoms. The predicted molar refractivity (Wildman–Crippen MR) is 94.8 cm³/mol. The lowest BCUT2D eigenvalue weighted by atomic mass is 9.89. The minimum Gasteiger partial charge on any atom is -0.482 e. The van der Waals surface area contributed by atoms with Crippen LogP contribution in [0.15, 0.2) is 30.5 Å². The Morgan fingerprint density at radius 1 is 1.17 bits per heavy atom. The number of benzene rings is 1. The maximum absolute atomic E-state index is 10.6. The summed E-state index contributed by atoms with van der Waals surface area (Å²) in [6, 6.07) is 8.00. The van der Waals surface area contributed by atoms with Gasteiger partial charge in [0.25, 0.3) is 0 Å². The molecular formula is C20H25NO3. The number of carboxylic acid groups (broad SMARTS) is 1. The van der Waals surface area contributed by atoms with E-state index >= 15 is 0 Å². The van der Waals surface area contributed by atoms with Gasteiger partial charge in [0.2, 0.25) is 0 Å². The Hall–Kier alpha value is -2.36. The smallest absolute Gasteiger partial charge is 0.341 e. The van der Waals surface area contributed by atoms with Gasteiger partial charge in [-0.1, -0.05) is 20.8 Å². The van der Waals surface area contributed by atoms with E-state index in [4.69, 9.17) is 9.84 Å². The Bertz CT molecular complexity index is 722. The third kappa shape index (κ3) is 4.57. The number of pyridine rings is 1. The van der Waals surface area contributed by atoms with Crippen LogP contribution in [0.3, 0.4) is 0 Å². The number of rotatable bonds is 5. The Morgan fingerprint density at radius 2 is 1.79 bits per heavy atom. The second kappa shape index (κ2) is 7.04. The van der Waals surface area contributed by atoms with E-state index < -0.39 is 5.97 Å². The van der Waals surface area contributed by atoms with Crippen molar-refractivity contribution in [1.29, 1.82) is 0 Å². The van der Waals surface area contributed by atoms with E-state index in [1.165, 1.54) is 11.1 Å². The fourth-order valence-corrected chi connectivity index (χ4v) is 2.66. The first-order valence-electron chi connectivity index (χ1n) is 8.07. The molecule has 0 saturated carbocycles. The average Bonchev–Trinajstić information content (AvgIpc) is 2.48. The molecule has 1 aromatic heterocycles. The second-order valence-corrected chi connectivity index (χ2v) is 7.19. The summed E-state index contributed by atoms with van der Waals surface area (Å²) < 4.78 is 5.29. The van der Waals surface area contributed by atoms with Crippen LogP contribution in [0, 0.1) is 13.8 Å². The lowest BCUT2D eigenvalue weighted by Crippen LogP contribution is -2.13. The molecule has 0 atom stereocenters. The number of ether oxygens (including phenoxy) is 1. The summed E-state index contributed by atoms with van der Waals surface area (Å²) in [5.74, 6) is -0.373. The van der Waals surface area contributed by atoms with Gasteiger partial charge in [-0.2, -0.15) is 0 Å². The Labute approximate surface area is 143 Å². The summed E-state index contributed by atoms with van der Waals surface area (Å²) in [6.07, 6.45) is 2.69. The third-order valence-corrected chi connectivity index (χ3v) is 4.01. The fraction of sp³-hybridized carbons (Fsp3) is 0.400. The highest BCUT2D eigenvalue weighted by Crippen LogP contribution is 2.26. The number of carbonyl (C=O) groups is 1. The van der Waals surface area contributed by atoms with Crippen LogP contribution in [0.2, 0.25) is 0 Å². The molecule has 1 N–H and O–H groups in total. The number of aromatic nitrogens is 1. The molecule has 1 aromatic carbocycles.